The molecule has 0 saturated carbocycles. The third-order valence-electron chi connectivity index (χ3n) is 2.96. The predicted octanol–water partition coefficient (Wildman–Crippen LogP) is 1.09. The predicted molar refractivity (Wildman–Crippen MR) is 70.2 cm³/mol. The zero-order valence-corrected chi connectivity index (χ0v) is 10.7. The van der Waals surface area contributed by atoms with E-state index in [0.29, 0.717) is 12.2 Å². The Hall–Kier alpha value is -1.95. The van der Waals surface area contributed by atoms with Crippen molar-refractivity contribution in [2.24, 2.45) is 0 Å². The minimum Gasteiger partial charge on any atom is -0.397 e. The van der Waals surface area contributed by atoms with Crippen LogP contribution in [0.5, 0.6) is 0 Å². The lowest BCUT2D eigenvalue weighted by atomic mass is 10.2. The molecule has 0 bridgehead atoms. The fraction of sp³-hybridized carbons (Fsp3) is 0.417. The largest absolute Gasteiger partial charge is 0.397 e. The molecule has 6 nitrogen and oxygen atoms in total. The van der Waals surface area contributed by atoms with Crippen molar-refractivity contribution in [2.45, 2.75) is 20.4 Å². The number of rotatable bonds is 5. The van der Waals surface area contributed by atoms with Crippen molar-refractivity contribution in [3.8, 4) is 5.69 Å². The summed E-state index contributed by atoms with van der Waals surface area (Å²) in [5.41, 5.74) is 7.44. The summed E-state index contributed by atoms with van der Waals surface area (Å²) in [5, 5.41) is 11.8. The second-order valence-electron chi connectivity index (χ2n) is 4.03. The molecule has 0 aliphatic carbocycles. The van der Waals surface area contributed by atoms with E-state index in [1.807, 2.05) is 24.3 Å². The first-order valence-electron chi connectivity index (χ1n) is 6.10. The number of nitrogens with two attached hydrogens (primary N) is 1. The molecule has 2 rings (SSSR count). The van der Waals surface area contributed by atoms with E-state index < -0.39 is 0 Å². The van der Waals surface area contributed by atoms with Gasteiger partial charge in [-0.1, -0.05) is 26.0 Å². The molecule has 1 aromatic heterocycles. The van der Waals surface area contributed by atoms with Crippen LogP contribution >= 0.6 is 0 Å². The van der Waals surface area contributed by atoms with Crippen LogP contribution in [0.4, 0.5) is 5.69 Å². The van der Waals surface area contributed by atoms with Gasteiger partial charge in [-0.15, -0.1) is 5.10 Å². The molecule has 2 aromatic rings. The van der Waals surface area contributed by atoms with Crippen LogP contribution in [-0.2, 0) is 6.54 Å². The number of nitrogens with zero attached hydrogens (tertiary/aromatic N) is 5. The Morgan fingerprint density at radius 1 is 1.22 bits per heavy atom. The van der Waals surface area contributed by atoms with Crippen LogP contribution in [0.1, 0.15) is 19.7 Å². The monoisotopic (exact) mass is 246 g/mol. The van der Waals surface area contributed by atoms with Gasteiger partial charge in [-0.25, -0.2) is 0 Å². The van der Waals surface area contributed by atoms with Crippen LogP contribution in [0.25, 0.3) is 5.69 Å². The molecule has 1 aromatic carbocycles. The lowest BCUT2D eigenvalue weighted by Crippen LogP contribution is -2.24. The molecule has 0 atom stereocenters. The van der Waals surface area contributed by atoms with Crippen molar-refractivity contribution in [1.82, 2.24) is 25.1 Å². The topological polar surface area (TPSA) is 72.9 Å². The number of tetrazole rings is 1. The first-order valence-corrected chi connectivity index (χ1v) is 6.10. The highest BCUT2D eigenvalue weighted by molar-refractivity contribution is 5.56. The number of hydrogen-bond donors (Lipinski definition) is 1. The van der Waals surface area contributed by atoms with E-state index in [2.05, 4.69) is 34.3 Å². The molecule has 6 heteroatoms. The Bertz CT molecular complexity index is 503. The van der Waals surface area contributed by atoms with Gasteiger partial charge in [0.2, 0.25) is 0 Å². The van der Waals surface area contributed by atoms with Crippen molar-refractivity contribution < 1.29 is 0 Å². The third kappa shape index (κ3) is 2.48. The van der Waals surface area contributed by atoms with Gasteiger partial charge >= 0.3 is 0 Å². The smallest absolute Gasteiger partial charge is 0.170 e. The standard InChI is InChI=1S/C12H18N6/c1-3-17(4-2)9-12-14-15-16-18(12)11-8-6-5-7-10(11)13/h5-8H,3-4,9,13H2,1-2H3. The van der Waals surface area contributed by atoms with Crippen LogP contribution in [0.15, 0.2) is 24.3 Å². The zero-order chi connectivity index (χ0) is 13.0. The van der Waals surface area contributed by atoms with Crippen molar-refractivity contribution in [3.05, 3.63) is 30.1 Å². The molecule has 18 heavy (non-hydrogen) atoms. The Balaban J connectivity index is 2.31. The summed E-state index contributed by atoms with van der Waals surface area (Å²) in [7, 11) is 0. The number of hydrogen-bond acceptors (Lipinski definition) is 5. The molecule has 0 radical (unpaired) electrons. The van der Waals surface area contributed by atoms with E-state index in [1.54, 1.807) is 4.68 Å². The SMILES string of the molecule is CCN(CC)Cc1nnnn1-c1ccccc1N. The normalized spacial score (nSPS) is 11.1. The molecule has 2 N–H and O–H groups in total. The van der Waals surface area contributed by atoms with E-state index in [0.717, 1.165) is 24.6 Å². The van der Waals surface area contributed by atoms with E-state index in [-0.39, 0.29) is 0 Å². The highest BCUT2D eigenvalue weighted by Gasteiger charge is 2.12. The van der Waals surface area contributed by atoms with E-state index in [4.69, 9.17) is 5.73 Å². The van der Waals surface area contributed by atoms with Gasteiger partial charge in [-0.2, -0.15) is 4.68 Å². The molecular weight excluding hydrogens is 228 g/mol. The van der Waals surface area contributed by atoms with Crippen LogP contribution in [-0.4, -0.2) is 38.2 Å². The summed E-state index contributed by atoms with van der Waals surface area (Å²) in [6, 6.07) is 7.58. The minimum absolute atomic E-state index is 0.672. The van der Waals surface area contributed by atoms with E-state index >= 15 is 0 Å². The quantitative estimate of drug-likeness (QED) is 0.799. The summed E-state index contributed by atoms with van der Waals surface area (Å²) in [4.78, 5) is 2.25. The lowest BCUT2D eigenvalue weighted by Gasteiger charge is -2.17. The summed E-state index contributed by atoms with van der Waals surface area (Å²) in [6.07, 6.45) is 0. The summed E-state index contributed by atoms with van der Waals surface area (Å²) in [5.74, 6) is 0.802. The molecule has 1 heterocycles. The van der Waals surface area contributed by atoms with E-state index in [9.17, 15) is 0 Å². The molecule has 0 aliphatic rings. The van der Waals surface area contributed by atoms with Crippen LogP contribution in [0.3, 0.4) is 0 Å². The van der Waals surface area contributed by atoms with Gasteiger partial charge in [0.15, 0.2) is 5.82 Å². The van der Waals surface area contributed by atoms with Crippen molar-refractivity contribution in [3.63, 3.8) is 0 Å². The van der Waals surface area contributed by atoms with Crippen molar-refractivity contribution in [1.29, 1.82) is 0 Å². The summed E-state index contributed by atoms with van der Waals surface area (Å²) >= 11 is 0. The molecule has 0 saturated heterocycles. The molecule has 0 amide bonds. The van der Waals surface area contributed by atoms with E-state index in [1.165, 1.54) is 0 Å². The number of para-hydroxylation sites is 2. The Labute approximate surface area is 106 Å². The molecule has 0 fully saturated rings. The maximum atomic E-state index is 5.95. The Morgan fingerprint density at radius 3 is 2.61 bits per heavy atom. The number of anilines is 1. The van der Waals surface area contributed by atoms with Crippen LogP contribution in [0, 0.1) is 0 Å². The maximum absolute atomic E-state index is 5.95. The van der Waals surface area contributed by atoms with Gasteiger partial charge in [0.05, 0.1) is 17.9 Å². The number of aromatic nitrogens is 4. The Kier molecular flexibility index (Phi) is 3.88. The fourth-order valence-corrected chi connectivity index (χ4v) is 1.82. The molecular formula is C12H18N6. The summed E-state index contributed by atoms with van der Waals surface area (Å²) in [6.45, 7) is 6.89. The van der Waals surface area contributed by atoms with Gasteiger partial charge in [-0.3, -0.25) is 4.90 Å². The average Bonchev–Trinajstić information content (AvgIpc) is 2.84. The molecule has 0 unspecified atom stereocenters. The van der Waals surface area contributed by atoms with Gasteiger partial charge in [0, 0.05) is 0 Å². The lowest BCUT2D eigenvalue weighted by molar-refractivity contribution is 0.285. The zero-order valence-electron chi connectivity index (χ0n) is 10.7. The second kappa shape index (κ2) is 5.59. The minimum atomic E-state index is 0.672. The van der Waals surface area contributed by atoms with Gasteiger partial charge in [0.25, 0.3) is 0 Å². The molecule has 96 valence electrons. The number of nitrogen functional groups attached to an aromatic ring is 1. The highest BCUT2D eigenvalue weighted by Crippen LogP contribution is 2.16. The molecule has 0 aliphatic heterocycles. The molecule has 0 spiro atoms. The van der Waals surface area contributed by atoms with Gasteiger partial charge in [-0.05, 0) is 35.6 Å². The van der Waals surface area contributed by atoms with Crippen LogP contribution in [0.2, 0.25) is 0 Å². The highest BCUT2D eigenvalue weighted by atomic mass is 15.5. The second-order valence-corrected chi connectivity index (χ2v) is 4.03. The maximum Gasteiger partial charge on any atom is 0.170 e. The third-order valence-corrected chi connectivity index (χ3v) is 2.96. The fourth-order valence-electron chi connectivity index (χ4n) is 1.82. The Morgan fingerprint density at radius 2 is 1.94 bits per heavy atom. The first kappa shape index (κ1) is 12.5. The average molecular weight is 246 g/mol. The van der Waals surface area contributed by atoms with Gasteiger partial charge in [0.1, 0.15) is 0 Å². The van der Waals surface area contributed by atoms with Crippen LogP contribution < -0.4 is 5.73 Å². The van der Waals surface area contributed by atoms with Gasteiger partial charge < -0.3 is 5.73 Å². The number of benzene rings is 1. The van der Waals surface area contributed by atoms with Crippen molar-refractivity contribution >= 4 is 5.69 Å². The van der Waals surface area contributed by atoms with Crippen molar-refractivity contribution in [2.75, 3.05) is 18.8 Å². The summed E-state index contributed by atoms with van der Waals surface area (Å²) < 4.78 is 1.70. The first-order chi connectivity index (χ1) is 8.76.